The van der Waals surface area contributed by atoms with E-state index in [0.717, 1.165) is 11.1 Å². The molecule has 0 aliphatic rings. The summed E-state index contributed by atoms with van der Waals surface area (Å²) in [6.45, 7) is 5.13. The van der Waals surface area contributed by atoms with Crippen LogP contribution in [0.1, 0.15) is 24.8 Å². The number of benzene rings is 1. The standard InChI is InChI=1S/C14H18F3N/c1-12(13-7-3-2-4-8-13)11-18-10-6-5-9-14(15,16)17/h2-4,7-8,18H,1,5-6,9-11H2. The Morgan fingerprint density at radius 2 is 1.78 bits per heavy atom. The van der Waals surface area contributed by atoms with Crippen LogP contribution in [0, 0.1) is 0 Å². The maximum atomic E-state index is 11.9. The highest BCUT2D eigenvalue weighted by Gasteiger charge is 2.25. The zero-order valence-corrected chi connectivity index (χ0v) is 10.3. The Hall–Kier alpha value is -1.29. The van der Waals surface area contributed by atoms with Gasteiger partial charge in [0.25, 0.3) is 0 Å². The SMILES string of the molecule is C=C(CNCCCCC(F)(F)F)c1ccccc1. The molecule has 1 aromatic rings. The molecule has 0 atom stereocenters. The summed E-state index contributed by atoms with van der Waals surface area (Å²) in [5.74, 6) is 0. The summed E-state index contributed by atoms with van der Waals surface area (Å²) in [6.07, 6.45) is -4.03. The van der Waals surface area contributed by atoms with Crippen LogP contribution in [0.5, 0.6) is 0 Å². The van der Waals surface area contributed by atoms with E-state index in [1.165, 1.54) is 0 Å². The first kappa shape index (κ1) is 14.8. The van der Waals surface area contributed by atoms with Crippen molar-refractivity contribution in [3.8, 4) is 0 Å². The fraction of sp³-hybridized carbons (Fsp3) is 0.429. The van der Waals surface area contributed by atoms with Crippen molar-refractivity contribution in [3.05, 3.63) is 42.5 Å². The van der Waals surface area contributed by atoms with Crippen molar-refractivity contribution in [2.24, 2.45) is 0 Å². The van der Waals surface area contributed by atoms with Gasteiger partial charge in [0.15, 0.2) is 0 Å². The van der Waals surface area contributed by atoms with Gasteiger partial charge in [-0.1, -0.05) is 36.9 Å². The summed E-state index contributed by atoms with van der Waals surface area (Å²) in [7, 11) is 0. The third-order valence-electron chi connectivity index (χ3n) is 2.58. The molecule has 1 rings (SSSR count). The Morgan fingerprint density at radius 3 is 2.39 bits per heavy atom. The summed E-state index contributed by atoms with van der Waals surface area (Å²) in [4.78, 5) is 0. The molecule has 1 aromatic carbocycles. The second-order valence-corrected chi connectivity index (χ2v) is 4.22. The lowest BCUT2D eigenvalue weighted by Crippen LogP contribution is -2.18. The van der Waals surface area contributed by atoms with Crippen LogP contribution >= 0.6 is 0 Å². The molecule has 0 unspecified atom stereocenters. The molecule has 0 aliphatic heterocycles. The summed E-state index contributed by atoms with van der Waals surface area (Å²) < 4.78 is 35.6. The maximum Gasteiger partial charge on any atom is 0.389 e. The van der Waals surface area contributed by atoms with E-state index in [1.807, 2.05) is 30.3 Å². The Balaban J connectivity index is 2.10. The molecule has 0 bridgehead atoms. The number of alkyl halides is 3. The van der Waals surface area contributed by atoms with Crippen molar-refractivity contribution in [1.82, 2.24) is 5.32 Å². The van der Waals surface area contributed by atoms with E-state index in [4.69, 9.17) is 0 Å². The van der Waals surface area contributed by atoms with Crippen molar-refractivity contribution in [2.45, 2.75) is 25.4 Å². The molecule has 0 heterocycles. The van der Waals surface area contributed by atoms with E-state index in [1.54, 1.807) is 0 Å². The molecule has 1 N–H and O–H groups in total. The first-order valence-electron chi connectivity index (χ1n) is 6.00. The van der Waals surface area contributed by atoms with Gasteiger partial charge in [0.05, 0.1) is 0 Å². The summed E-state index contributed by atoms with van der Waals surface area (Å²) >= 11 is 0. The Morgan fingerprint density at radius 1 is 1.11 bits per heavy atom. The monoisotopic (exact) mass is 257 g/mol. The zero-order chi connectivity index (χ0) is 13.4. The molecule has 0 aliphatic carbocycles. The highest BCUT2D eigenvalue weighted by molar-refractivity contribution is 5.64. The van der Waals surface area contributed by atoms with E-state index in [0.29, 0.717) is 19.5 Å². The van der Waals surface area contributed by atoms with Crippen LogP contribution in [0.25, 0.3) is 5.57 Å². The van der Waals surface area contributed by atoms with Crippen LogP contribution < -0.4 is 5.32 Å². The van der Waals surface area contributed by atoms with Gasteiger partial charge < -0.3 is 5.32 Å². The Kier molecular flexibility index (Phi) is 5.92. The minimum absolute atomic E-state index is 0.175. The number of halogens is 3. The highest BCUT2D eigenvalue weighted by Crippen LogP contribution is 2.21. The minimum atomic E-state index is -4.03. The third-order valence-corrected chi connectivity index (χ3v) is 2.58. The number of nitrogens with one attached hydrogen (secondary N) is 1. The van der Waals surface area contributed by atoms with Crippen molar-refractivity contribution in [1.29, 1.82) is 0 Å². The van der Waals surface area contributed by atoms with Crippen molar-refractivity contribution in [2.75, 3.05) is 13.1 Å². The number of rotatable bonds is 7. The van der Waals surface area contributed by atoms with Crippen LogP contribution in [0.15, 0.2) is 36.9 Å². The molecule has 0 amide bonds. The zero-order valence-electron chi connectivity index (χ0n) is 10.3. The fourth-order valence-corrected chi connectivity index (χ4v) is 1.59. The first-order valence-corrected chi connectivity index (χ1v) is 6.00. The Bertz CT molecular complexity index is 357. The number of unbranched alkanes of at least 4 members (excludes halogenated alkanes) is 1. The van der Waals surface area contributed by atoms with Gasteiger partial charge in [-0.3, -0.25) is 0 Å². The third kappa shape index (κ3) is 6.45. The molecule has 0 fully saturated rings. The van der Waals surface area contributed by atoms with Gasteiger partial charge in [0.1, 0.15) is 0 Å². The van der Waals surface area contributed by atoms with Gasteiger partial charge in [-0.25, -0.2) is 0 Å². The van der Waals surface area contributed by atoms with Gasteiger partial charge in [-0.05, 0) is 30.5 Å². The van der Waals surface area contributed by atoms with E-state index in [2.05, 4.69) is 11.9 Å². The molecule has 0 saturated heterocycles. The maximum absolute atomic E-state index is 11.9. The smallest absolute Gasteiger partial charge is 0.313 e. The topological polar surface area (TPSA) is 12.0 Å². The summed E-state index contributed by atoms with van der Waals surface area (Å²) in [6, 6.07) is 9.73. The molecule has 0 radical (unpaired) electrons. The van der Waals surface area contributed by atoms with Gasteiger partial charge in [0.2, 0.25) is 0 Å². The van der Waals surface area contributed by atoms with Crippen LogP contribution in [0.4, 0.5) is 13.2 Å². The molecule has 1 nitrogen and oxygen atoms in total. The lowest BCUT2D eigenvalue weighted by molar-refractivity contribution is -0.135. The lowest BCUT2D eigenvalue weighted by atomic mass is 10.1. The van der Waals surface area contributed by atoms with Crippen molar-refractivity contribution in [3.63, 3.8) is 0 Å². The first-order chi connectivity index (χ1) is 8.49. The second kappa shape index (κ2) is 7.21. The lowest BCUT2D eigenvalue weighted by Gasteiger charge is -2.09. The summed E-state index contributed by atoms with van der Waals surface area (Å²) in [5, 5.41) is 3.10. The van der Waals surface area contributed by atoms with E-state index >= 15 is 0 Å². The van der Waals surface area contributed by atoms with Gasteiger partial charge >= 0.3 is 6.18 Å². The fourth-order valence-electron chi connectivity index (χ4n) is 1.59. The molecule has 4 heteroatoms. The van der Waals surface area contributed by atoms with Gasteiger partial charge in [-0.15, -0.1) is 0 Å². The molecule has 0 saturated carbocycles. The average Bonchev–Trinajstić information content (AvgIpc) is 2.33. The highest BCUT2D eigenvalue weighted by atomic mass is 19.4. The normalized spacial score (nSPS) is 11.5. The van der Waals surface area contributed by atoms with Crippen LogP contribution in [-0.4, -0.2) is 19.3 Å². The molecule has 0 spiro atoms. The number of hydrogen-bond donors (Lipinski definition) is 1. The molecule has 100 valence electrons. The van der Waals surface area contributed by atoms with Crippen molar-refractivity contribution >= 4 is 5.57 Å². The van der Waals surface area contributed by atoms with Crippen molar-refractivity contribution < 1.29 is 13.2 Å². The molecule has 0 aromatic heterocycles. The Labute approximate surface area is 106 Å². The summed E-state index contributed by atoms with van der Waals surface area (Å²) in [5.41, 5.74) is 2.01. The van der Waals surface area contributed by atoms with Crippen LogP contribution in [0.2, 0.25) is 0 Å². The van der Waals surface area contributed by atoms with E-state index in [-0.39, 0.29) is 6.42 Å². The number of hydrogen-bond acceptors (Lipinski definition) is 1. The molecular formula is C14H18F3N. The quantitative estimate of drug-likeness (QED) is 0.727. The van der Waals surface area contributed by atoms with Gasteiger partial charge in [0, 0.05) is 13.0 Å². The van der Waals surface area contributed by atoms with E-state index in [9.17, 15) is 13.2 Å². The predicted octanol–water partition coefficient (Wildman–Crippen LogP) is 4.02. The average molecular weight is 257 g/mol. The predicted molar refractivity (Wildman–Crippen MR) is 68.3 cm³/mol. The van der Waals surface area contributed by atoms with Crippen LogP contribution in [-0.2, 0) is 0 Å². The second-order valence-electron chi connectivity index (χ2n) is 4.22. The largest absolute Gasteiger partial charge is 0.389 e. The van der Waals surface area contributed by atoms with E-state index < -0.39 is 12.6 Å². The molecular weight excluding hydrogens is 239 g/mol. The molecule has 18 heavy (non-hydrogen) atoms. The van der Waals surface area contributed by atoms with Crippen LogP contribution in [0.3, 0.4) is 0 Å². The van der Waals surface area contributed by atoms with Gasteiger partial charge in [-0.2, -0.15) is 13.2 Å². The minimum Gasteiger partial charge on any atom is -0.313 e.